The summed E-state index contributed by atoms with van der Waals surface area (Å²) in [7, 11) is 4.17. The molecule has 0 fully saturated rings. The molecule has 0 aliphatic carbocycles. The van der Waals surface area contributed by atoms with Gasteiger partial charge < -0.3 is 5.32 Å². The Morgan fingerprint density at radius 1 is 1.40 bits per heavy atom. The first kappa shape index (κ1) is 9.92. The van der Waals surface area contributed by atoms with Crippen LogP contribution in [-0.2, 0) is 0 Å². The molecule has 2 heteroatoms. The van der Waals surface area contributed by atoms with Crippen molar-refractivity contribution in [3.8, 4) is 0 Å². The van der Waals surface area contributed by atoms with Gasteiger partial charge in [0.1, 0.15) is 0 Å². The Balaban J connectivity index is 3.13. The highest BCUT2D eigenvalue weighted by atomic mass is 15.2. The van der Waals surface area contributed by atoms with Gasteiger partial charge in [-0.15, -0.1) is 0 Å². The maximum atomic E-state index is 3.41. The minimum atomic E-state index is 0.506. The van der Waals surface area contributed by atoms with Gasteiger partial charge in [-0.25, -0.2) is 0 Å². The average Bonchev–Trinajstić information content (AvgIpc) is 1.88. The third-order valence-corrected chi connectivity index (χ3v) is 1.74. The summed E-state index contributed by atoms with van der Waals surface area (Å²) < 4.78 is 0. The van der Waals surface area contributed by atoms with E-state index >= 15 is 0 Å². The van der Waals surface area contributed by atoms with Crippen LogP contribution in [0.15, 0.2) is 0 Å². The van der Waals surface area contributed by atoms with E-state index in [1.54, 1.807) is 0 Å². The first-order chi connectivity index (χ1) is 4.68. The van der Waals surface area contributed by atoms with Crippen LogP contribution in [0, 0.1) is 0 Å². The Hall–Kier alpha value is -0.0800. The van der Waals surface area contributed by atoms with E-state index in [0.29, 0.717) is 6.17 Å². The van der Waals surface area contributed by atoms with Crippen LogP contribution >= 0.6 is 0 Å². The molecular weight excluding hydrogens is 124 g/mol. The molecule has 1 atom stereocenters. The van der Waals surface area contributed by atoms with Gasteiger partial charge in [-0.3, -0.25) is 4.90 Å². The third kappa shape index (κ3) is 4.77. The molecule has 0 aliphatic heterocycles. The summed E-state index contributed by atoms with van der Waals surface area (Å²) in [5.74, 6) is 0. The summed E-state index contributed by atoms with van der Waals surface area (Å²) in [5.41, 5.74) is 0. The van der Waals surface area contributed by atoms with Gasteiger partial charge in [0.25, 0.3) is 0 Å². The van der Waals surface area contributed by atoms with Gasteiger partial charge in [-0.2, -0.15) is 0 Å². The molecule has 1 N–H and O–H groups in total. The zero-order valence-electron chi connectivity index (χ0n) is 7.65. The quantitative estimate of drug-likeness (QED) is 0.462. The van der Waals surface area contributed by atoms with Crippen molar-refractivity contribution in [3.05, 3.63) is 0 Å². The number of hydrogen-bond acceptors (Lipinski definition) is 2. The molecule has 0 saturated carbocycles. The standard InChI is InChI=1S/C8H20N2/c1-5-6-7-9-8(2)10(3)4/h8-9H,5-7H2,1-4H3. The lowest BCUT2D eigenvalue weighted by Gasteiger charge is -2.20. The molecule has 0 radical (unpaired) electrons. The van der Waals surface area contributed by atoms with Crippen LogP contribution in [0.4, 0.5) is 0 Å². The minimum absolute atomic E-state index is 0.506. The van der Waals surface area contributed by atoms with E-state index in [2.05, 4.69) is 38.2 Å². The predicted octanol–water partition coefficient (Wildman–Crippen LogP) is 1.28. The number of hydrogen-bond donors (Lipinski definition) is 1. The van der Waals surface area contributed by atoms with Crippen LogP contribution in [0.3, 0.4) is 0 Å². The lowest BCUT2D eigenvalue weighted by molar-refractivity contribution is 0.265. The summed E-state index contributed by atoms with van der Waals surface area (Å²) in [4.78, 5) is 2.18. The molecule has 62 valence electrons. The molecule has 0 heterocycles. The lowest BCUT2D eigenvalue weighted by Crippen LogP contribution is -2.39. The van der Waals surface area contributed by atoms with Crippen molar-refractivity contribution in [1.29, 1.82) is 0 Å². The van der Waals surface area contributed by atoms with Crippen molar-refractivity contribution in [2.45, 2.75) is 32.9 Å². The number of nitrogens with one attached hydrogen (secondary N) is 1. The summed E-state index contributed by atoms with van der Waals surface area (Å²) in [6.45, 7) is 5.52. The van der Waals surface area contributed by atoms with E-state index < -0.39 is 0 Å². The molecule has 0 aromatic heterocycles. The second kappa shape index (κ2) is 5.69. The zero-order chi connectivity index (χ0) is 7.98. The molecule has 0 spiro atoms. The highest BCUT2D eigenvalue weighted by Gasteiger charge is 2.00. The molecule has 0 amide bonds. The summed E-state index contributed by atoms with van der Waals surface area (Å²) in [5, 5.41) is 3.41. The smallest absolute Gasteiger partial charge is 0.0562 e. The first-order valence-electron chi connectivity index (χ1n) is 4.08. The van der Waals surface area contributed by atoms with Crippen molar-refractivity contribution in [2.24, 2.45) is 0 Å². The number of unbranched alkanes of at least 4 members (excludes halogenated alkanes) is 1. The van der Waals surface area contributed by atoms with Crippen molar-refractivity contribution in [2.75, 3.05) is 20.6 Å². The highest BCUT2D eigenvalue weighted by molar-refractivity contribution is 4.55. The lowest BCUT2D eigenvalue weighted by atomic mass is 10.3. The highest BCUT2D eigenvalue weighted by Crippen LogP contribution is 1.88. The fourth-order valence-corrected chi connectivity index (χ4v) is 0.670. The molecule has 10 heavy (non-hydrogen) atoms. The van der Waals surface area contributed by atoms with Gasteiger partial charge in [-0.05, 0) is 34.0 Å². The van der Waals surface area contributed by atoms with E-state index in [0.717, 1.165) is 6.54 Å². The third-order valence-electron chi connectivity index (χ3n) is 1.74. The van der Waals surface area contributed by atoms with Gasteiger partial charge in [0, 0.05) is 0 Å². The van der Waals surface area contributed by atoms with Gasteiger partial charge >= 0.3 is 0 Å². The topological polar surface area (TPSA) is 15.3 Å². The molecule has 0 aliphatic rings. The molecular formula is C8H20N2. The van der Waals surface area contributed by atoms with Crippen LogP contribution in [0.5, 0.6) is 0 Å². The van der Waals surface area contributed by atoms with Crippen LogP contribution in [0.25, 0.3) is 0 Å². The van der Waals surface area contributed by atoms with E-state index in [1.807, 2.05) is 0 Å². The van der Waals surface area contributed by atoms with Gasteiger partial charge in [0.05, 0.1) is 6.17 Å². The van der Waals surface area contributed by atoms with Crippen molar-refractivity contribution < 1.29 is 0 Å². The van der Waals surface area contributed by atoms with E-state index in [4.69, 9.17) is 0 Å². The van der Waals surface area contributed by atoms with Crippen LogP contribution in [0.2, 0.25) is 0 Å². The first-order valence-corrected chi connectivity index (χ1v) is 4.08. The van der Waals surface area contributed by atoms with Gasteiger partial charge in [-0.1, -0.05) is 13.3 Å². The van der Waals surface area contributed by atoms with Gasteiger partial charge in [0.2, 0.25) is 0 Å². The minimum Gasteiger partial charge on any atom is -0.302 e. The average molecular weight is 144 g/mol. The zero-order valence-corrected chi connectivity index (χ0v) is 7.65. The maximum absolute atomic E-state index is 3.41. The van der Waals surface area contributed by atoms with Crippen LogP contribution in [0.1, 0.15) is 26.7 Å². The van der Waals surface area contributed by atoms with E-state index in [1.165, 1.54) is 12.8 Å². The van der Waals surface area contributed by atoms with E-state index in [9.17, 15) is 0 Å². The predicted molar refractivity (Wildman–Crippen MR) is 46.1 cm³/mol. The van der Waals surface area contributed by atoms with Crippen LogP contribution < -0.4 is 5.32 Å². The normalized spacial score (nSPS) is 14.1. The number of nitrogens with zero attached hydrogens (tertiary/aromatic N) is 1. The maximum Gasteiger partial charge on any atom is 0.0562 e. The fraction of sp³-hybridized carbons (Fsp3) is 1.00. The van der Waals surface area contributed by atoms with Crippen LogP contribution in [-0.4, -0.2) is 31.7 Å². The second-order valence-electron chi connectivity index (χ2n) is 2.95. The summed E-state index contributed by atoms with van der Waals surface area (Å²) >= 11 is 0. The largest absolute Gasteiger partial charge is 0.302 e. The summed E-state index contributed by atoms with van der Waals surface area (Å²) in [6, 6.07) is 0. The van der Waals surface area contributed by atoms with Crippen molar-refractivity contribution >= 4 is 0 Å². The Morgan fingerprint density at radius 3 is 2.40 bits per heavy atom. The Kier molecular flexibility index (Phi) is 5.64. The summed E-state index contributed by atoms with van der Waals surface area (Å²) in [6.07, 6.45) is 3.05. The Bertz CT molecular complexity index is 71.7. The van der Waals surface area contributed by atoms with Crippen molar-refractivity contribution in [1.82, 2.24) is 10.2 Å². The molecule has 0 rings (SSSR count). The molecule has 0 aromatic carbocycles. The fourth-order valence-electron chi connectivity index (χ4n) is 0.670. The Morgan fingerprint density at radius 2 is 2.00 bits per heavy atom. The molecule has 0 bridgehead atoms. The molecule has 0 aromatic rings. The molecule has 2 nitrogen and oxygen atoms in total. The monoisotopic (exact) mass is 144 g/mol. The van der Waals surface area contributed by atoms with Crippen molar-refractivity contribution in [3.63, 3.8) is 0 Å². The Labute approximate surface area is 64.6 Å². The molecule has 0 saturated heterocycles. The SMILES string of the molecule is CCCCNC(C)N(C)C. The van der Waals surface area contributed by atoms with E-state index in [-0.39, 0.29) is 0 Å². The van der Waals surface area contributed by atoms with Gasteiger partial charge in [0.15, 0.2) is 0 Å². The number of rotatable bonds is 5. The molecule has 1 unspecified atom stereocenters. The second-order valence-corrected chi connectivity index (χ2v) is 2.95.